The number of hydrogen-bond donors (Lipinski definition) is 1. The number of aromatic nitrogens is 1. The van der Waals surface area contributed by atoms with Crippen molar-refractivity contribution in [3.63, 3.8) is 0 Å². The van der Waals surface area contributed by atoms with Crippen LogP contribution in [0.3, 0.4) is 0 Å². The van der Waals surface area contributed by atoms with Gasteiger partial charge in [0.05, 0.1) is 0 Å². The average molecular weight is 578 g/mol. The second-order valence-electron chi connectivity index (χ2n) is 11.5. The number of thioether (sulfide) groups is 2. The minimum Gasteiger partial charge on any atom is -0.444 e. The highest BCUT2D eigenvalue weighted by molar-refractivity contribution is 8.00. The molecule has 39 heavy (non-hydrogen) atoms. The van der Waals surface area contributed by atoms with Gasteiger partial charge in [0.2, 0.25) is 5.91 Å². The zero-order valence-electron chi connectivity index (χ0n) is 23.5. The third-order valence-corrected chi connectivity index (χ3v) is 9.76. The van der Waals surface area contributed by atoms with E-state index in [0.29, 0.717) is 50.1 Å². The zero-order valence-corrected chi connectivity index (χ0v) is 25.1. The zero-order chi connectivity index (χ0) is 27.8. The Bertz CT molecular complexity index is 962. The van der Waals surface area contributed by atoms with Gasteiger partial charge < -0.3 is 19.9 Å². The van der Waals surface area contributed by atoms with Crippen LogP contribution in [0.5, 0.6) is 0 Å². The van der Waals surface area contributed by atoms with E-state index in [1.807, 2.05) is 43.9 Å². The number of nitrogens with one attached hydrogen (secondary N) is 1. The Labute approximate surface area is 241 Å². The van der Waals surface area contributed by atoms with Crippen LogP contribution < -0.4 is 10.2 Å². The number of carbonyl (C=O) groups excluding carboxylic acids is 3. The van der Waals surface area contributed by atoms with Crippen molar-refractivity contribution in [2.24, 2.45) is 5.92 Å². The molecule has 9 nitrogen and oxygen atoms in total. The van der Waals surface area contributed by atoms with Crippen molar-refractivity contribution in [2.45, 2.75) is 69.9 Å². The molecule has 1 aromatic rings. The molecular formula is C28H43N5O4S2. The summed E-state index contributed by atoms with van der Waals surface area (Å²) in [6, 6.07) is 5.22. The van der Waals surface area contributed by atoms with Gasteiger partial charge >= 0.3 is 6.09 Å². The smallest absolute Gasteiger partial charge is 0.411 e. The first kappa shape index (κ1) is 29.8. The van der Waals surface area contributed by atoms with Gasteiger partial charge in [0.15, 0.2) is 5.37 Å². The van der Waals surface area contributed by atoms with E-state index in [1.54, 1.807) is 18.0 Å². The fourth-order valence-corrected chi connectivity index (χ4v) is 7.62. The normalized spacial score (nSPS) is 21.5. The SMILES string of the molecule is CC(C)(C)OC(=O)N1CCSC1C(=O)N[C@@H](CSCC1CCCCC1)C(=O)N1CCN(c2ccccn2)CC1. The van der Waals surface area contributed by atoms with Crippen LogP contribution in [0.1, 0.15) is 52.9 Å². The first-order valence-corrected chi connectivity index (χ1v) is 16.4. The van der Waals surface area contributed by atoms with Crippen molar-refractivity contribution < 1.29 is 19.1 Å². The Morgan fingerprint density at radius 3 is 2.51 bits per heavy atom. The van der Waals surface area contributed by atoms with Crippen LogP contribution >= 0.6 is 23.5 Å². The molecule has 1 aromatic heterocycles. The maximum Gasteiger partial charge on any atom is 0.411 e. The number of amides is 3. The highest BCUT2D eigenvalue weighted by Gasteiger charge is 2.39. The Kier molecular flexibility index (Phi) is 10.7. The highest BCUT2D eigenvalue weighted by atomic mass is 32.2. The summed E-state index contributed by atoms with van der Waals surface area (Å²) in [5.41, 5.74) is -0.642. The molecule has 1 aliphatic carbocycles. The van der Waals surface area contributed by atoms with Crippen molar-refractivity contribution in [1.82, 2.24) is 20.1 Å². The lowest BCUT2D eigenvalue weighted by Gasteiger charge is -2.37. The second-order valence-corrected chi connectivity index (χ2v) is 13.8. The molecule has 3 fully saturated rings. The monoisotopic (exact) mass is 577 g/mol. The molecule has 0 bridgehead atoms. The summed E-state index contributed by atoms with van der Waals surface area (Å²) >= 11 is 3.18. The van der Waals surface area contributed by atoms with E-state index in [-0.39, 0.29) is 11.8 Å². The quantitative estimate of drug-likeness (QED) is 0.498. The van der Waals surface area contributed by atoms with E-state index < -0.39 is 23.1 Å². The van der Waals surface area contributed by atoms with Gasteiger partial charge in [-0.3, -0.25) is 14.5 Å². The van der Waals surface area contributed by atoms with Gasteiger partial charge in [0.1, 0.15) is 17.5 Å². The standard InChI is InChI=1S/C28H43N5O4S2/c1-28(2,3)37-27(36)33-17-18-39-26(33)24(34)30-22(20-38-19-21-9-5-4-6-10-21)25(35)32-15-13-31(14-16-32)23-11-7-8-12-29-23/h7-8,11-12,21-22,26H,4-6,9-10,13-20H2,1-3H3,(H,30,34)/t22-,26?/m0/s1. The Morgan fingerprint density at radius 1 is 1.10 bits per heavy atom. The third kappa shape index (κ3) is 8.67. The molecule has 3 heterocycles. The van der Waals surface area contributed by atoms with Gasteiger partial charge in [0.25, 0.3) is 5.91 Å². The van der Waals surface area contributed by atoms with Gasteiger partial charge in [-0.05, 0) is 57.4 Å². The van der Waals surface area contributed by atoms with Gasteiger partial charge in [-0.15, -0.1) is 11.8 Å². The van der Waals surface area contributed by atoms with Crippen LogP contribution in [-0.4, -0.2) is 99.7 Å². The summed E-state index contributed by atoms with van der Waals surface area (Å²) in [4.78, 5) is 49.9. The fraction of sp³-hybridized carbons (Fsp3) is 0.714. The van der Waals surface area contributed by atoms with Crippen LogP contribution in [-0.2, 0) is 14.3 Å². The van der Waals surface area contributed by atoms with Crippen LogP contribution in [0, 0.1) is 5.92 Å². The van der Waals surface area contributed by atoms with Gasteiger partial charge in [0, 0.05) is 50.4 Å². The second kappa shape index (κ2) is 14.0. The van der Waals surface area contributed by atoms with E-state index in [1.165, 1.54) is 48.8 Å². The summed E-state index contributed by atoms with van der Waals surface area (Å²) in [6.07, 6.45) is 7.66. The maximum absolute atomic E-state index is 13.7. The van der Waals surface area contributed by atoms with E-state index in [9.17, 15) is 14.4 Å². The number of rotatable bonds is 8. The fourth-order valence-electron chi connectivity index (χ4n) is 5.24. The molecular weight excluding hydrogens is 534 g/mol. The van der Waals surface area contributed by atoms with Crippen molar-refractivity contribution in [2.75, 3.05) is 54.9 Å². The summed E-state index contributed by atoms with van der Waals surface area (Å²) in [5.74, 6) is 3.45. The Morgan fingerprint density at radius 2 is 1.85 bits per heavy atom. The Balaban J connectivity index is 1.38. The summed E-state index contributed by atoms with van der Waals surface area (Å²) in [7, 11) is 0. The number of piperazine rings is 1. The molecule has 1 unspecified atom stereocenters. The van der Waals surface area contributed by atoms with Gasteiger partial charge in [-0.1, -0.05) is 25.3 Å². The topological polar surface area (TPSA) is 95.1 Å². The molecule has 216 valence electrons. The molecule has 3 aliphatic rings. The molecule has 11 heteroatoms. The number of anilines is 1. The molecule has 1 saturated carbocycles. The van der Waals surface area contributed by atoms with Crippen molar-refractivity contribution in [3.05, 3.63) is 24.4 Å². The maximum atomic E-state index is 13.7. The molecule has 0 aromatic carbocycles. The van der Waals surface area contributed by atoms with Crippen LogP contribution in [0.2, 0.25) is 0 Å². The van der Waals surface area contributed by atoms with E-state index in [2.05, 4.69) is 15.2 Å². The minimum atomic E-state index is -0.695. The van der Waals surface area contributed by atoms with Crippen molar-refractivity contribution in [3.8, 4) is 0 Å². The number of pyridine rings is 1. The number of ether oxygens (including phenoxy) is 1. The minimum absolute atomic E-state index is 0.0491. The van der Waals surface area contributed by atoms with Crippen LogP contribution in [0.15, 0.2) is 24.4 Å². The largest absolute Gasteiger partial charge is 0.444 e. The van der Waals surface area contributed by atoms with E-state index >= 15 is 0 Å². The molecule has 4 rings (SSSR count). The molecule has 2 aliphatic heterocycles. The lowest BCUT2D eigenvalue weighted by Crippen LogP contribution is -2.58. The average Bonchev–Trinajstić information content (AvgIpc) is 3.43. The van der Waals surface area contributed by atoms with Gasteiger partial charge in [-0.25, -0.2) is 9.78 Å². The number of hydrogen-bond acceptors (Lipinski definition) is 8. The van der Waals surface area contributed by atoms with Crippen LogP contribution in [0.4, 0.5) is 10.6 Å². The lowest BCUT2D eigenvalue weighted by atomic mass is 9.91. The molecule has 0 spiro atoms. The first-order valence-electron chi connectivity index (χ1n) is 14.2. The van der Waals surface area contributed by atoms with E-state index in [0.717, 1.165) is 11.6 Å². The van der Waals surface area contributed by atoms with Gasteiger partial charge in [-0.2, -0.15) is 11.8 Å². The molecule has 2 atom stereocenters. The Hall–Kier alpha value is -2.14. The summed E-state index contributed by atoms with van der Waals surface area (Å²) < 4.78 is 5.53. The molecule has 1 N–H and O–H groups in total. The van der Waals surface area contributed by atoms with Crippen molar-refractivity contribution in [1.29, 1.82) is 0 Å². The molecule has 0 radical (unpaired) electrons. The lowest BCUT2D eigenvalue weighted by molar-refractivity contribution is -0.136. The number of carbonyl (C=O) groups is 3. The first-order chi connectivity index (χ1) is 18.7. The van der Waals surface area contributed by atoms with E-state index in [4.69, 9.17) is 4.74 Å². The summed E-state index contributed by atoms with van der Waals surface area (Å²) in [6.45, 7) is 8.45. The predicted molar refractivity (Wildman–Crippen MR) is 158 cm³/mol. The third-order valence-electron chi connectivity index (χ3n) is 7.29. The summed E-state index contributed by atoms with van der Waals surface area (Å²) in [5, 5.41) is 2.34. The highest BCUT2D eigenvalue weighted by Crippen LogP contribution is 2.28. The molecule has 2 saturated heterocycles. The molecule has 3 amide bonds. The predicted octanol–water partition coefficient (Wildman–Crippen LogP) is 3.84. The van der Waals surface area contributed by atoms with Crippen LogP contribution in [0.25, 0.3) is 0 Å². The van der Waals surface area contributed by atoms with Crippen molar-refractivity contribution >= 4 is 47.2 Å². The number of nitrogens with zero attached hydrogens (tertiary/aromatic N) is 4.